The SMILES string of the molecule is CCCC1CCC(N(CC)CC(=O)O)CC1. The van der Waals surface area contributed by atoms with Crippen LogP contribution in [-0.2, 0) is 4.79 Å². The van der Waals surface area contributed by atoms with Gasteiger partial charge in [0.15, 0.2) is 0 Å². The number of aliphatic carboxylic acids is 1. The Morgan fingerprint density at radius 2 is 1.88 bits per heavy atom. The Morgan fingerprint density at radius 3 is 2.31 bits per heavy atom. The first kappa shape index (κ1) is 13.5. The van der Waals surface area contributed by atoms with Crippen molar-refractivity contribution < 1.29 is 9.90 Å². The van der Waals surface area contributed by atoms with Crippen molar-refractivity contribution in [1.29, 1.82) is 0 Å². The molecule has 1 fully saturated rings. The zero-order valence-electron chi connectivity index (χ0n) is 10.6. The normalized spacial score (nSPS) is 25.9. The van der Waals surface area contributed by atoms with Crippen molar-refractivity contribution in [2.24, 2.45) is 5.92 Å². The molecule has 0 aromatic heterocycles. The lowest BCUT2D eigenvalue weighted by Gasteiger charge is -2.35. The van der Waals surface area contributed by atoms with Gasteiger partial charge in [-0.15, -0.1) is 0 Å². The lowest BCUT2D eigenvalue weighted by molar-refractivity contribution is -0.139. The van der Waals surface area contributed by atoms with Crippen LogP contribution in [0.4, 0.5) is 0 Å². The fourth-order valence-corrected chi connectivity index (χ4v) is 2.88. The molecule has 3 nitrogen and oxygen atoms in total. The molecule has 0 bridgehead atoms. The monoisotopic (exact) mass is 227 g/mol. The van der Waals surface area contributed by atoms with Gasteiger partial charge in [0, 0.05) is 6.04 Å². The van der Waals surface area contributed by atoms with Crippen LogP contribution in [0.25, 0.3) is 0 Å². The van der Waals surface area contributed by atoms with Gasteiger partial charge in [0.2, 0.25) is 0 Å². The zero-order chi connectivity index (χ0) is 12.0. The molecule has 1 rings (SSSR count). The molecule has 0 aromatic carbocycles. The van der Waals surface area contributed by atoms with Crippen LogP contribution in [-0.4, -0.2) is 35.1 Å². The average molecular weight is 227 g/mol. The van der Waals surface area contributed by atoms with Crippen LogP contribution in [0.1, 0.15) is 52.4 Å². The maximum absolute atomic E-state index is 10.7. The summed E-state index contributed by atoms with van der Waals surface area (Å²) in [6, 6.07) is 0.509. The number of nitrogens with zero attached hydrogens (tertiary/aromatic N) is 1. The van der Waals surface area contributed by atoms with E-state index in [1.807, 2.05) is 0 Å². The topological polar surface area (TPSA) is 40.5 Å². The molecule has 3 heteroatoms. The molecule has 0 atom stereocenters. The Hall–Kier alpha value is -0.570. The molecule has 1 saturated carbocycles. The van der Waals surface area contributed by atoms with Crippen LogP contribution >= 0.6 is 0 Å². The number of hydrogen-bond acceptors (Lipinski definition) is 2. The third kappa shape index (κ3) is 4.12. The summed E-state index contributed by atoms with van der Waals surface area (Å²) >= 11 is 0. The molecule has 0 aliphatic heterocycles. The number of carboxylic acids is 1. The van der Waals surface area contributed by atoms with Gasteiger partial charge in [-0.3, -0.25) is 9.69 Å². The van der Waals surface area contributed by atoms with Crippen LogP contribution < -0.4 is 0 Å². The predicted octanol–water partition coefficient (Wildman–Crippen LogP) is 2.75. The van der Waals surface area contributed by atoms with Crippen molar-refractivity contribution >= 4 is 5.97 Å². The molecule has 0 spiro atoms. The highest BCUT2D eigenvalue weighted by Gasteiger charge is 2.25. The maximum Gasteiger partial charge on any atom is 0.317 e. The van der Waals surface area contributed by atoms with Gasteiger partial charge in [-0.1, -0.05) is 26.7 Å². The summed E-state index contributed by atoms with van der Waals surface area (Å²) in [4.78, 5) is 12.9. The Morgan fingerprint density at radius 1 is 1.25 bits per heavy atom. The molecule has 0 radical (unpaired) electrons. The van der Waals surface area contributed by atoms with Crippen molar-refractivity contribution in [3.63, 3.8) is 0 Å². The lowest BCUT2D eigenvalue weighted by atomic mass is 9.83. The number of carboxylic acid groups (broad SMARTS) is 1. The highest BCUT2D eigenvalue weighted by atomic mass is 16.4. The van der Waals surface area contributed by atoms with E-state index in [9.17, 15) is 4.79 Å². The summed E-state index contributed by atoms with van der Waals surface area (Å²) < 4.78 is 0. The van der Waals surface area contributed by atoms with E-state index in [4.69, 9.17) is 5.11 Å². The predicted molar refractivity (Wildman–Crippen MR) is 65.5 cm³/mol. The molecule has 0 aromatic rings. The summed E-state index contributed by atoms with van der Waals surface area (Å²) in [5, 5.41) is 8.84. The molecule has 16 heavy (non-hydrogen) atoms. The van der Waals surface area contributed by atoms with Crippen molar-refractivity contribution in [2.45, 2.75) is 58.4 Å². The van der Waals surface area contributed by atoms with Crippen molar-refractivity contribution in [1.82, 2.24) is 4.90 Å². The third-order valence-electron chi connectivity index (χ3n) is 3.77. The summed E-state index contributed by atoms with van der Waals surface area (Å²) in [7, 11) is 0. The smallest absolute Gasteiger partial charge is 0.317 e. The van der Waals surface area contributed by atoms with E-state index < -0.39 is 5.97 Å². The van der Waals surface area contributed by atoms with Gasteiger partial charge in [0.25, 0.3) is 0 Å². The molecule has 94 valence electrons. The fraction of sp³-hybridized carbons (Fsp3) is 0.923. The first-order chi connectivity index (χ1) is 7.67. The molecule has 1 aliphatic carbocycles. The molecular weight excluding hydrogens is 202 g/mol. The summed E-state index contributed by atoms with van der Waals surface area (Å²) in [5.74, 6) is 0.197. The van der Waals surface area contributed by atoms with Gasteiger partial charge >= 0.3 is 5.97 Å². The van der Waals surface area contributed by atoms with Crippen LogP contribution in [0.2, 0.25) is 0 Å². The summed E-state index contributed by atoms with van der Waals surface area (Å²) in [6.07, 6.45) is 7.57. The number of rotatable bonds is 6. The second kappa shape index (κ2) is 6.89. The molecule has 1 aliphatic rings. The van der Waals surface area contributed by atoms with Gasteiger partial charge in [-0.2, -0.15) is 0 Å². The molecule has 0 saturated heterocycles. The minimum Gasteiger partial charge on any atom is -0.480 e. The second-order valence-corrected chi connectivity index (χ2v) is 4.92. The Labute approximate surface area is 98.8 Å². The van der Waals surface area contributed by atoms with E-state index in [0.29, 0.717) is 6.04 Å². The molecular formula is C13H25NO2. The van der Waals surface area contributed by atoms with Crippen LogP contribution in [0.3, 0.4) is 0 Å². The first-order valence-electron chi connectivity index (χ1n) is 6.63. The van der Waals surface area contributed by atoms with Gasteiger partial charge in [-0.05, 0) is 38.1 Å². The van der Waals surface area contributed by atoms with Crippen LogP contribution in [0, 0.1) is 5.92 Å². The van der Waals surface area contributed by atoms with E-state index in [0.717, 1.165) is 12.5 Å². The van der Waals surface area contributed by atoms with Gasteiger partial charge in [-0.25, -0.2) is 0 Å². The summed E-state index contributed by atoms with van der Waals surface area (Å²) in [5.41, 5.74) is 0. The molecule has 0 unspecified atom stereocenters. The minimum atomic E-state index is -0.697. The average Bonchev–Trinajstić information content (AvgIpc) is 2.27. The number of likely N-dealkylation sites (N-methyl/N-ethyl adjacent to an activating group) is 1. The van der Waals surface area contributed by atoms with Gasteiger partial charge in [0.05, 0.1) is 6.54 Å². The van der Waals surface area contributed by atoms with Crippen molar-refractivity contribution in [2.75, 3.05) is 13.1 Å². The van der Waals surface area contributed by atoms with Gasteiger partial charge < -0.3 is 5.11 Å². The highest BCUT2D eigenvalue weighted by molar-refractivity contribution is 5.69. The fourth-order valence-electron chi connectivity index (χ4n) is 2.88. The van der Waals surface area contributed by atoms with E-state index in [1.165, 1.54) is 38.5 Å². The molecule has 0 heterocycles. The third-order valence-corrected chi connectivity index (χ3v) is 3.77. The van der Waals surface area contributed by atoms with E-state index >= 15 is 0 Å². The van der Waals surface area contributed by atoms with E-state index in [2.05, 4.69) is 18.7 Å². The largest absolute Gasteiger partial charge is 0.480 e. The highest BCUT2D eigenvalue weighted by Crippen LogP contribution is 2.30. The van der Waals surface area contributed by atoms with Crippen LogP contribution in [0.5, 0.6) is 0 Å². The van der Waals surface area contributed by atoms with Crippen molar-refractivity contribution in [3.8, 4) is 0 Å². The second-order valence-electron chi connectivity index (χ2n) is 4.92. The van der Waals surface area contributed by atoms with E-state index in [1.54, 1.807) is 0 Å². The Bertz CT molecular complexity index is 210. The van der Waals surface area contributed by atoms with Gasteiger partial charge in [0.1, 0.15) is 0 Å². The first-order valence-corrected chi connectivity index (χ1v) is 6.63. The minimum absolute atomic E-state index is 0.208. The molecule has 1 N–H and O–H groups in total. The van der Waals surface area contributed by atoms with Crippen LogP contribution in [0.15, 0.2) is 0 Å². The number of carbonyl (C=O) groups is 1. The molecule has 0 amide bonds. The Kier molecular flexibility index (Phi) is 5.81. The van der Waals surface area contributed by atoms with Crippen molar-refractivity contribution in [3.05, 3.63) is 0 Å². The maximum atomic E-state index is 10.7. The summed E-state index contributed by atoms with van der Waals surface area (Å²) in [6.45, 7) is 5.37. The number of hydrogen-bond donors (Lipinski definition) is 1. The quantitative estimate of drug-likeness (QED) is 0.758. The van der Waals surface area contributed by atoms with E-state index in [-0.39, 0.29) is 6.54 Å². The standard InChI is InChI=1S/C13H25NO2/c1-3-5-11-6-8-12(9-7-11)14(4-2)10-13(15)16/h11-12H,3-10H2,1-2H3,(H,15,16). The lowest BCUT2D eigenvalue weighted by Crippen LogP contribution is -2.41. The zero-order valence-corrected chi connectivity index (χ0v) is 10.6. The Balaban J connectivity index is 2.35.